The highest BCUT2D eigenvalue weighted by Crippen LogP contribution is 2.35. The molecule has 0 fully saturated rings. The van der Waals surface area contributed by atoms with Crippen LogP contribution in [0.1, 0.15) is 25.0 Å². The van der Waals surface area contributed by atoms with Crippen LogP contribution in [0, 0.1) is 6.92 Å². The minimum Gasteiger partial charge on any atom is -0.282 e. The lowest BCUT2D eigenvalue weighted by molar-refractivity contribution is 0.483. The van der Waals surface area contributed by atoms with Gasteiger partial charge in [-0.3, -0.25) is 4.55 Å². The Morgan fingerprint density at radius 3 is 1.81 bits per heavy atom. The fourth-order valence-electron chi connectivity index (χ4n) is 2.73. The predicted octanol–water partition coefficient (Wildman–Crippen LogP) is 6.34. The van der Waals surface area contributed by atoms with Crippen molar-refractivity contribution in [2.75, 3.05) is 0 Å². The molecule has 5 heteroatoms. The Morgan fingerprint density at radius 2 is 1.37 bits per heavy atom. The Bertz CT molecular complexity index is 1090. The quantitative estimate of drug-likeness (QED) is 0.413. The van der Waals surface area contributed by atoms with Crippen LogP contribution >= 0.6 is 11.3 Å². The average molecular weight is 398 g/mol. The second kappa shape index (κ2) is 7.72. The second-order valence-corrected chi connectivity index (χ2v) is 9.21. The van der Waals surface area contributed by atoms with Crippen LogP contribution in [-0.4, -0.2) is 13.0 Å². The summed E-state index contributed by atoms with van der Waals surface area (Å²) in [4.78, 5) is 2.07. The maximum absolute atomic E-state index is 11.3. The zero-order valence-electron chi connectivity index (χ0n) is 15.4. The number of hydrogen-bond acceptors (Lipinski definition) is 2. The maximum Gasteiger partial charge on any atom is 0.294 e. The molecule has 1 heterocycles. The van der Waals surface area contributed by atoms with E-state index in [1.807, 2.05) is 0 Å². The van der Waals surface area contributed by atoms with Crippen LogP contribution in [0.15, 0.2) is 71.1 Å². The summed E-state index contributed by atoms with van der Waals surface area (Å²) in [7, 11) is -4.19. The second-order valence-electron chi connectivity index (χ2n) is 6.71. The topological polar surface area (TPSA) is 54.4 Å². The lowest BCUT2D eigenvalue weighted by Gasteiger charge is -2.01. The van der Waals surface area contributed by atoms with Gasteiger partial charge in [-0.05, 0) is 62.7 Å². The van der Waals surface area contributed by atoms with Gasteiger partial charge in [-0.2, -0.15) is 8.42 Å². The first-order valence-electron chi connectivity index (χ1n) is 8.50. The fourth-order valence-corrected chi connectivity index (χ4v) is 4.35. The van der Waals surface area contributed by atoms with E-state index in [2.05, 4.69) is 63.2 Å². The smallest absolute Gasteiger partial charge is 0.282 e. The molecule has 2 aromatic carbocycles. The molecule has 0 aliphatic rings. The lowest BCUT2D eigenvalue weighted by atomic mass is 10.1. The minimum absolute atomic E-state index is 0.101. The zero-order chi connectivity index (χ0) is 19.6. The standard InChI is InChI=1S/C22H20O3S2/c1-15(2)12-17-13-21(18-6-4-16(3)5-7-18)26-22(14-17)19-8-10-20(11-9-19)27(23,24)25/h4-14H,1-3H3/p+1. The largest absolute Gasteiger partial charge is 0.294 e. The maximum atomic E-state index is 11.3. The van der Waals surface area contributed by atoms with E-state index in [4.69, 9.17) is 0 Å². The highest BCUT2D eigenvalue weighted by molar-refractivity contribution is 7.85. The molecule has 0 saturated carbocycles. The molecule has 138 valence electrons. The summed E-state index contributed by atoms with van der Waals surface area (Å²) in [5.74, 6) is 0. The van der Waals surface area contributed by atoms with Crippen molar-refractivity contribution in [1.82, 2.24) is 0 Å². The Labute approximate surface area is 164 Å². The van der Waals surface area contributed by atoms with Crippen molar-refractivity contribution in [1.29, 1.82) is 0 Å². The predicted molar refractivity (Wildman–Crippen MR) is 113 cm³/mol. The third-order valence-electron chi connectivity index (χ3n) is 4.04. The van der Waals surface area contributed by atoms with Crippen molar-refractivity contribution in [3.05, 3.63) is 77.4 Å². The summed E-state index contributed by atoms with van der Waals surface area (Å²) in [6, 6.07) is 19.0. The van der Waals surface area contributed by atoms with Crippen LogP contribution in [-0.2, 0) is 10.1 Å². The van der Waals surface area contributed by atoms with Crippen LogP contribution in [0.3, 0.4) is 0 Å². The van der Waals surface area contributed by atoms with Crippen molar-refractivity contribution in [2.45, 2.75) is 25.7 Å². The first-order valence-corrected chi connectivity index (χ1v) is 10.8. The SMILES string of the molecule is CC(C)=Cc1cc(-c2ccc(C)cc2)[s+]c(-c2ccc(S(=O)(=O)O)cc2)c1. The normalized spacial score (nSPS) is 11.3. The van der Waals surface area contributed by atoms with Gasteiger partial charge in [0.05, 0.1) is 4.90 Å². The molecular weight excluding hydrogens is 376 g/mol. The minimum atomic E-state index is -4.19. The first kappa shape index (κ1) is 19.4. The molecule has 0 aliphatic heterocycles. The Morgan fingerprint density at radius 1 is 0.889 bits per heavy atom. The van der Waals surface area contributed by atoms with Crippen molar-refractivity contribution in [3.63, 3.8) is 0 Å². The molecule has 0 saturated heterocycles. The van der Waals surface area contributed by atoms with Crippen LogP contribution in [0.25, 0.3) is 27.0 Å². The molecule has 1 N–H and O–H groups in total. The molecule has 0 amide bonds. The van der Waals surface area contributed by atoms with Gasteiger partial charge in [0.2, 0.25) is 21.1 Å². The van der Waals surface area contributed by atoms with E-state index in [0.717, 1.165) is 26.4 Å². The summed E-state index contributed by atoms with van der Waals surface area (Å²) in [5, 5.41) is 0. The van der Waals surface area contributed by atoms with Crippen molar-refractivity contribution in [3.8, 4) is 20.9 Å². The monoisotopic (exact) mass is 397 g/mol. The Hall–Kier alpha value is -2.34. The van der Waals surface area contributed by atoms with E-state index in [1.165, 1.54) is 23.3 Å². The summed E-state index contributed by atoms with van der Waals surface area (Å²) in [6.45, 7) is 6.18. The molecule has 0 spiro atoms. The first-order chi connectivity index (χ1) is 12.7. The van der Waals surface area contributed by atoms with E-state index in [0.29, 0.717) is 0 Å². The molecule has 0 atom stereocenters. The summed E-state index contributed by atoms with van der Waals surface area (Å²) in [6.07, 6.45) is 2.13. The lowest BCUT2D eigenvalue weighted by Crippen LogP contribution is -1.97. The highest BCUT2D eigenvalue weighted by Gasteiger charge is 2.19. The van der Waals surface area contributed by atoms with Crippen molar-refractivity contribution >= 4 is 27.5 Å². The molecule has 0 aliphatic carbocycles. The van der Waals surface area contributed by atoms with Gasteiger partial charge in [0, 0.05) is 23.3 Å². The molecule has 0 radical (unpaired) electrons. The molecule has 27 heavy (non-hydrogen) atoms. The zero-order valence-corrected chi connectivity index (χ0v) is 17.1. The molecule has 3 rings (SSSR count). The molecule has 0 unspecified atom stereocenters. The van der Waals surface area contributed by atoms with E-state index in [9.17, 15) is 13.0 Å². The number of hydrogen-bond donors (Lipinski definition) is 1. The van der Waals surface area contributed by atoms with Crippen molar-refractivity contribution < 1.29 is 13.0 Å². The number of rotatable bonds is 4. The highest BCUT2D eigenvalue weighted by atomic mass is 32.2. The van der Waals surface area contributed by atoms with E-state index < -0.39 is 10.1 Å². The van der Waals surface area contributed by atoms with Gasteiger partial charge >= 0.3 is 0 Å². The van der Waals surface area contributed by atoms with E-state index in [-0.39, 0.29) is 4.90 Å². The van der Waals surface area contributed by atoms with Crippen LogP contribution < -0.4 is 0 Å². The fraction of sp³-hybridized carbons (Fsp3) is 0.136. The summed E-state index contributed by atoms with van der Waals surface area (Å²) < 4.78 is 31.7. The number of aryl methyl sites for hydroxylation is 1. The van der Waals surface area contributed by atoms with Gasteiger partial charge in [0.1, 0.15) is 0 Å². The van der Waals surface area contributed by atoms with Crippen LogP contribution in [0.5, 0.6) is 0 Å². The Balaban J connectivity index is 2.13. The van der Waals surface area contributed by atoms with E-state index >= 15 is 0 Å². The summed E-state index contributed by atoms with van der Waals surface area (Å²) in [5.41, 5.74) is 5.56. The number of benzene rings is 2. The summed E-state index contributed by atoms with van der Waals surface area (Å²) >= 11 is 1.65. The average Bonchev–Trinajstić information content (AvgIpc) is 2.61. The molecular formula is C22H21O3S2+. The van der Waals surface area contributed by atoms with Gasteiger partial charge < -0.3 is 0 Å². The molecule has 3 nitrogen and oxygen atoms in total. The molecule has 1 aromatic heterocycles. The third kappa shape index (κ3) is 4.89. The van der Waals surface area contributed by atoms with Crippen LogP contribution in [0.4, 0.5) is 0 Å². The molecule has 3 aromatic rings. The van der Waals surface area contributed by atoms with Gasteiger partial charge in [-0.15, -0.1) is 0 Å². The van der Waals surface area contributed by atoms with Gasteiger partial charge in [0.25, 0.3) is 10.1 Å². The van der Waals surface area contributed by atoms with E-state index in [1.54, 1.807) is 23.5 Å². The van der Waals surface area contributed by atoms with Crippen molar-refractivity contribution in [2.24, 2.45) is 0 Å². The van der Waals surface area contributed by atoms with Gasteiger partial charge in [-0.1, -0.05) is 29.3 Å². The molecule has 0 bridgehead atoms. The van der Waals surface area contributed by atoms with Gasteiger partial charge in [-0.25, -0.2) is 0 Å². The Kier molecular flexibility index (Phi) is 5.56. The van der Waals surface area contributed by atoms with Gasteiger partial charge in [0.15, 0.2) is 0 Å². The third-order valence-corrected chi connectivity index (χ3v) is 6.06. The number of allylic oxidation sites excluding steroid dienone is 1. The van der Waals surface area contributed by atoms with Crippen LogP contribution in [0.2, 0.25) is 0 Å².